The molecule has 1 aliphatic rings. The Balaban J connectivity index is 1.46. The SMILES string of the molecule is COc1ccccc1N1CCN(CC(O)COc2cccc(C(C)(C)C)c2)CC1. The van der Waals surface area contributed by atoms with Gasteiger partial charge in [-0.1, -0.05) is 45.0 Å². The van der Waals surface area contributed by atoms with Crippen molar-refractivity contribution in [3.8, 4) is 11.5 Å². The number of hydrogen-bond acceptors (Lipinski definition) is 5. The van der Waals surface area contributed by atoms with Crippen molar-refractivity contribution in [3.05, 3.63) is 54.1 Å². The van der Waals surface area contributed by atoms with E-state index in [0.29, 0.717) is 13.2 Å². The van der Waals surface area contributed by atoms with E-state index in [0.717, 1.165) is 43.4 Å². The van der Waals surface area contributed by atoms with Crippen molar-refractivity contribution in [1.29, 1.82) is 0 Å². The van der Waals surface area contributed by atoms with Crippen molar-refractivity contribution in [2.75, 3.05) is 51.3 Å². The zero-order valence-corrected chi connectivity index (χ0v) is 18.1. The minimum Gasteiger partial charge on any atom is -0.495 e. The lowest BCUT2D eigenvalue weighted by Gasteiger charge is -2.37. The minimum absolute atomic E-state index is 0.0824. The number of benzene rings is 2. The van der Waals surface area contributed by atoms with Gasteiger partial charge in [0.25, 0.3) is 0 Å². The molecule has 3 rings (SSSR count). The third kappa shape index (κ3) is 5.87. The van der Waals surface area contributed by atoms with Crippen LogP contribution in [0.25, 0.3) is 0 Å². The Bertz CT molecular complexity index is 780. The predicted octanol–water partition coefficient (Wildman–Crippen LogP) is 3.55. The first-order valence-corrected chi connectivity index (χ1v) is 10.4. The number of para-hydroxylation sites is 2. The molecule has 1 unspecified atom stereocenters. The second-order valence-corrected chi connectivity index (χ2v) is 8.70. The van der Waals surface area contributed by atoms with E-state index in [-0.39, 0.29) is 5.41 Å². The third-order valence-electron chi connectivity index (χ3n) is 5.41. The molecule has 1 fully saturated rings. The largest absolute Gasteiger partial charge is 0.495 e. The molecule has 0 bridgehead atoms. The Hall–Kier alpha value is -2.24. The molecule has 0 spiro atoms. The first-order valence-electron chi connectivity index (χ1n) is 10.4. The van der Waals surface area contributed by atoms with Crippen molar-refractivity contribution in [2.45, 2.75) is 32.3 Å². The summed E-state index contributed by atoms with van der Waals surface area (Å²) in [7, 11) is 1.71. The van der Waals surface area contributed by atoms with Crippen LogP contribution in [0.2, 0.25) is 0 Å². The van der Waals surface area contributed by atoms with Crippen LogP contribution in [-0.2, 0) is 5.41 Å². The summed E-state index contributed by atoms with van der Waals surface area (Å²) in [5.74, 6) is 1.73. The number of methoxy groups -OCH3 is 1. The van der Waals surface area contributed by atoms with E-state index in [1.807, 2.05) is 30.3 Å². The molecule has 29 heavy (non-hydrogen) atoms. The molecule has 1 saturated heterocycles. The van der Waals surface area contributed by atoms with Crippen LogP contribution in [0.1, 0.15) is 26.3 Å². The molecule has 0 radical (unpaired) electrons. The minimum atomic E-state index is -0.508. The lowest BCUT2D eigenvalue weighted by molar-refractivity contribution is 0.0662. The molecule has 0 aliphatic carbocycles. The molecule has 0 saturated carbocycles. The van der Waals surface area contributed by atoms with Gasteiger partial charge in [-0.05, 0) is 35.2 Å². The molecule has 0 amide bonds. The topological polar surface area (TPSA) is 45.2 Å². The van der Waals surface area contributed by atoms with Gasteiger partial charge in [0.1, 0.15) is 24.2 Å². The van der Waals surface area contributed by atoms with Gasteiger partial charge in [-0.3, -0.25) is 4.90 Å². The quantitative estimate of drug-likeness (QED) is 0.773. The van der Waals surface area contributed by atoms with Crippen LogP contribution >= 0.6 is 0 Å². The highest BCUT2D eigenvalue weighted by molar-refractivity contribution is 5.58. The van der Waals surface area contributed by atoms with Gasteiger partial charge in [0, 0.05) is 32.7 Å². The second kappa shape index (κ2) is 9.51. The summed E-state index contributed by atoms with van der Waals surface area (Å²) < 4.78 is 11.3. The number of piperazine rings is 1. The zero-order valence-electron chi connectivity index (χ0n) is 18.1. The summed E-state index contributed by atoms with van der Waals surface area (Å²) in [6.45, 7) is 11.1. The fraction of sp³-hybridized carbons (Fsp3) is 0.500. The van der Waals surface area contributed by atoms with Crippen molar-refractivity contribution < 1.29 is 14.6 Å². The average molecular weight is 399 g/mol. The van der Waals surface area contributed by atoms with Crippen LogP contribution in [0.3, 0.4) is 0 Å². The molecule has 1 atom stereocenters. The van der Waals surface area contributed by atoms with Gasteiger partial charge in [0.15, 0.2) is 0 Å². The van der Waals surface area contributed by atoms with E-state index in [4.69, 9.17) is 9.47 Å². The van der Waals surface area contributed by atoms with Crippen LogP contribution in [0, 0.1) is 0 Å². The summed E-state index contributed by atoms with van der Waals surface area (Å²) in [6.07, 6.45) is -0.508. The van der Waals surface area contributed by atoms with Crippen molar-refractivity contribution in [1.82, 2.24) is 4.90 Å². The number of nitrogens with zero attached hydrogens (tertiary/aromatic N) is 2. The highest BCUT2D eigenvalue weighted by atomic mass is 16.5. The Kier molecular flexibility index (Phi) is 7.04. The van der Waals surface area contributed by atoms with Gasteiger partial charge in [0.05, 0.1) is 12.8 Å². The van der Waals surface area contributed by atoms with Crippen LogP contribution in [0.4, 0.5) is 5.69 Å². The van der Waals surface area contributed by atoms with Crippen molar-refractivity contribution in [3.63, 3.8) is 0 Å². The molecule has 1 N–H and O–H groups in total. The molecule has 1 heterocycles. The second-order valence-electron chi connectivity index (χ2n) is 8.70. The molecule has 1 aliphatic heterocycles. The first kappa shape index (κ1) is 21.5. The zero-order chi connectivity index (χ0) is 20.9. The summed E-state index contributed by atoms with van der Waals surface area (Å²) in [5.41, 5.74) is 2.45. The standard InChI is InChI=1S/C24H34N2O3/c1-24(2,3)19-8-7-9-21(16-19)29-18-20(27)17-25-12-14-26(15-13-25)22-10-5-6-11-23(22)28-4/h5-11,16,20,27H,12-15,17-18H2,1-4H3. The Morgan fingerprint density at radius 3 is 2.41 bits per heavy atom. The van der Waals surface area contributed by atoms with Gasteiger partial charge < -0.3 is 19.5 Å². The summed E-state index contributed by atoms with van der Waals surface area (Å²) in [5, 5.41) is 10.5. The number of rotatable bonds is 7. The molecule has 0 aromatic heterocycles. The third-order valence-corrected chi connectivity index (χ3v) is 5.41. The Morgan fingerprint density at radius 2 is 1.72 bits per heavy atom. The average Bonchev–Trinajstić information content (AvgIpc) is 2.72. The van der Waals surface area contributed by atoms with Crippen LogP contribution in [0.5, 0.6) is 11.5 Å². The van der Waals surface area contributed by atoms with E-state index in [1.165, 1.54) is 5.56 Å². The normalized spacial score (nSPS) is 16.5. The van der Waals surface area contributed by atoms with E-state index in [2.05, 4.69) is 48.8 Å². The number of anilines is 1. The fourth-order valence-corrected chi connectivity index (χ4v) is 3.66. The maximum atomic E-state index is 10.5. The van der Waals surface area contributed by atoms with Crippen LogP contribution in [0.15, 0.2) is 48.5 Å². The van der Waals surface area contributed by atoms with E-state index >= 15 is 0 Å². The Labute approximate surface area is 174 Å². The van der Waals surface area contributed by atoms with Crippen LogP contribution < -0.4 is 14.4 Å². The fourth-order valence-electron chi connectivity index (χ4n) is 3.66. The summed E-state index contributed by atoms with van der Waals surface area (Å²) in [4.78, 5) is 4.64. The Morgan fingerprint density at radius 1 is 1.00 bits per heavy atom. The first-order chi connectivity index (χ1) is 13.9. The van der Waals surface area contributed by atoms with E-state index < -0.39 is 6.10 Å². The molecule has 158 valence electrons. The molecule has 2 aromatic carbocycles. The monoisotopic (exact) mass is 398 g/mol. The van der Waals surface area contributed by atoms with Gasteiger partial charge >= 0.3 is 0 Å². The number of aliphatic hydroxyl groups is 1. The van der Waals surface area contributed by atoms with Gasteiger partial charge in [-0.2, -0.15) is 0 Å². The molecule has 2 aromatic rings. The van der Waals surface area contributed by atoms with Crippen LogP contribution in [-0.4, -0.2) is 62.6 Å². The molecule has 5 heteroatoms. The summed E-state index contributed by atoms with van der Waals surface area (Å²) >= 11 is 0. The maximum Gasteiger partial charge on any atom is 0.142 e. The van der Waals surface area contributed by atoms with Crippen molar-refractivity contribution >= 4 is 5.69 Å². The lowest BCUT2D eigenvalue weighted by atomic mass is 9.87. The number of β-amino-alcohol motifs (C(OH)–C–C–N with tert-alkyl or cyclic N) is 1. The summed E-state index contributed by atoms with van der Waals surface area (Å²) in [6, 6.07) is 16.3. The number of ether oxygens (including phenoxy) is 2. The predicted molar refractivity (Wildman–Crippen MR) is 118 cm³/mol. The van der Waals surface area contributed by atoms with E-state index in [9.17, 15) is 5.11 Å². The van der Waals surface area contributed by atoms with Gasteiger partial charge in [0.2, 0.25) is 0 Å². The van der Waals surface area contributed by atoms with Crippen molar-refractivity contribution in [2.24, 2.45) is 0 Å². The van der Waals surface area contributed by atoms with E-state index in [1.54, 1.807) is 7.11 Å². The number of hydrogen-bond donors (Lipinski definition) is 1. The van der Waals surface area contributed by atoms with Gasteiger partial charge in [-0.15, -0.1) is 0 Å². The molecular formula is C24H34N2O3. The molecular weight excluding hydrogens is 364 g/mol. The maximum absolute atomic E-state index is 10.5. The highest BCUT2D eigenvalue weighted by Crippen LogP contribution is 2.28. The van der Waals surface area contributed by atoms with Gasteiger partial charge in [-0.25, -0.2) is 0 Å². The number of aliphatic hydroxyl groups excluding tert-OH is 1. The molecule has 5 nitrogen and oxygen atoms in total. The highest BCUT2D eigenvalue weighted by Gasteiger charge is 2.21. The smallest absolute Gasteiger partial charge is 0.142 e. The lowest BCUT2D eigenvalue weighted by Crippen LogP contribution is -2.49.